The minimum Gasteiger partial charge on any atom is -0.495 e. The summed E-state index contributed by atoms with van der Waals surface area (Å²) in [5.41, 5.74) is 0.681. The van der Waals surface area contributed by atoms with Crippen LogP contribution in [0, 0.1) is 0 Å². The molecule has 0 aromatic heterocycles. The summed E-state index contributed by atoms with van der Waals surface area (Å²) in [7, 11) is 1.59. The topological polar surface area (TPSA) is 60.0 Å². The van der Waals surface area contributed by atoms with Gasteiger partial charge in [-0.3, -0.25) is 9.69 Å². The van der Waals surface area contributed by atoms with Gasteiger partial charge in [0.2, 0.25) is 5.91 Å². The number of carbonyl (C=O) groups is 1. The Balaban J connectivity index is 1.68. The summed E-state index contributed by atoms with van der Waals surface area (Å²) < 4.78 is 16.5. The number of benzene rings is 2. The quantitative estimate of drug-likeness (QED) is 0.535. The third-order valence-corrected chi connectivity index (χ3v) is 4.08. The summed E-state index contributed by atoms with van der Waals surface area (Å²) in [4.78, 5) is 14.5. The van der Waals surface area contributed by atoms with Crippen LogP contribution in [-0.2, 0) is 9.53 Å². The molecule has 0 aliphatic carbocycles. The molecule has 1 amide bonds. The highest BCUT2D eigenvalue weighted by Crippen LogP contribution is 2.22. The normalized spacial score (nSPS) is 10.7. The average Bonchev–Trinajstić information content (AvgIpc) is 2.71. The first-order valence-corrected chi connectivity index (χ1v) is 9.63. The fourth-order valence-electron chi connectivity index (χ4n) is 2.76. The Labute approximate surface area is 167 Å². The minimum atomic E-state index is -0.0645. The van der Waals surface area contributed by atoms with Gasteiger partial charge in [-0.25, -0.2) is 0 Å². The predicted octanol–water partition coefficient (Wildman–Crippen LogP) is 3.44. The van der Waals surface area contributed by atoms with Crippen LogP contribution in [0.4, 0.5) is 5.69 Å². The summed E-state index contributed by atoms with van der Waals surface area (Å²) in [5.74, 6) is 1.43. The monoisotopic (exact) mass is 386 g/mol. The molecule has 0 saturated carbocycles. The zero-order valence-corrected chi connectivity index (χ0v) is 16.7. The molecule has 0 unspecified atom stereocenters. The maximum Gasteiger partial charge on any atom is 0.238 e. The number of anilines is 1. The van der Waals surface area contributed by atoms with Gasteiger partial charge in [0.05, 0.1) is 32.6 Å². The van der Waals surface area contributed by atoms with Crippen molar-refractivity contribution >= 4 is 11.6 Å². The molecule has 0 atom stereocenters. The number of ether oxygens (including phenoxy) is 3. The molecular weight excluding hydrogens is 356 g/mol. The van der Waals surface area contributed by atoms with Crippen molar-refractivity contribution in [3.05, 3.63) is 54.6 Å². The fourth-order valence-corrected chi connectivity index (χ4v) is 2.76. The van der Waals surface area contributed by atoms with Crippen LogP contribution in [0.15, 0.2) is 54.6 Å². The van der Waals surface area contributed by atoms with Gasteiger partial charge in [0.15, 0.2) is 0 Å². The third-order valence-electron chi connectivity index (χ3n) is 4.08. The molecule has 0 saturated heterocycles. The molecule has 2 rings (SSSR count). The molecule has 152 valence electrons. The first kappa shape index (κ1) is 21.7. The summed E-state index contributed by atoms with van der Waals surface area (Å²) in [6, 6.07) is 17.1. The second kappa shape index (κ2) is 12.8. The van der Waals surface area contributed by atoms with Crippen LogP contribution in [-0.4, -0.2) is 57.4 Å². The standard InChI is InChI=1S/C22H30N2O4/c1-3-13-24(14-15-27-16-17-28-19-9-5-4-6-10-19)18-22(25)23-20-11-7-8-12-21(20)26-2/h4-12H,3,13-18H2,1-2H3,(H,23,25). The summed E-state index contributed by atoms with van der Waals surface area (Å²) in [6.07, 6.45) is 0.971. The van der Waals surface area contributed by atoms with Gasteiger partial charge >= 0.3 is 0 Å². The van der Waals surface area contributed by atoms with Crippen molar-refractivity contribution in [2.45, 2.75) is 13.3 Å². The minimum absolute atomic E-state index is 0.0645. The molecule has 0 aliphatic rings. The largest absolute Gasteiger partial charge is 0.495 e. The highest BCUT2D eigenvalue weighted by Gasteiger charge is 2.12. The number of carbonyl (C=O) groups excluding carboxylic acids is 1. The van der Waals surface area contributed by atoms with Crippen molar-refractivity contribution < 1.29 is 19.0 Å². The van der Waals surface area contributed by atoms with Crippen LogP contribution in [0.5, 0.6) is 11.5 Å². The lowest BCUT2D eigenvalue weighted by Gasteiger charge is -2.21. The van der Waals surface area contributed by atoms with Gasteiger partial charge in [-0.2, -0.15) is 0 Å². The Morgan fingerprint density at radius 2 is 1.71 bits per heavy atom. The maximum atomic E-state index is 12.4. The van der Waals surface area contributed by atoms with E-state index in [1.807, 2.05) is 54.6 Å². The number of nitrogens with zero attached hydrogens (tertiary/aromatic N) is 1. The highest BCUT2D eigenvalue weighted by molar-refractivity contribution is 5.93. The zero-order valence-electron chi connectivity index (χ0n) is 16.7. The molecule has 2 aromatic rings. The lowest BCUT2D eigenvalue weighted by molar-refractivity contribution is -0.117. The smallest absolute Gasteiger partial charge is 0.238 e. The van der Waals surface area contributed by atoms with Crippen LogP contribution < -0.4 is 14.8 Å². The molecule has 28 heavy (non-hydrogen) atoms. The van der Waals surface area contributed by atoms with E-state index < -0.39 is 0 Å². The molecule has 0 aliphatic heterocycles. The molecule has 0 radical (unpaired) electrons. The van der Waals surface area contributed by atoms with Crippen molar-refractivity contribution in [1.82, 2.24) is 4.90 Å². The average molecular weight is 386 g/mol. The Morgan fingerprint density at radius 3 is 2.46 bits per heavy atom. The van der Waals surface area contributed by atoms with Crippen molar-refractivity contribution in [3.63, 3.8) is 0 Å². The second-order valence-electron chi connectivity index (χ2n) is 6.30. The van der Waals surface area contributed by atoms with E-state index in [1.165, 1.54) is 0 Å². The van der Waals surface area contributed by atoms with Gasteiger partial charge in [0, 0.05) is 6.54 Å². The van der Waals surface area contributed by atoms with Crippen molar-refractivity contribution in [2.24, 2.45) is 0 Å². The van der Waals surface area contributed by atoms with Crippen LogP contribution in [0.2, 0.25) is 0 Å². The van der Waals surface area contributed by atoms with Gasteiger partial charge in [-0.05, 0) is 37.2 Å². The number of methoxy groups -OCH3 is 1. The molecule has 0 bridgehead atoms. The summed E-state index contributed by atoms with van der Waals surface area (Å²) in [6.45, 7) is 5.52. The summed E-state index contributed by atoms with van der Waals surface area (Å²) in [5, 5.41) is 2.91. The van der Waals surface area contributed by atoms with Gasteiger partial charge in [-0.1, -0.05) is 37.3 Å². The summed E-state index contributed by atoms with van der Waals surface area (Å²) >= 11 is 0. The number of para-hydroxylation sites is 3. The molecule has 0 spiro atoms. The van der Waals surface area contributed by atoms with Gasteiger partial charge in [0.1, 0.15) is 18.1 Å². The molecule has 1 N–H and O–H groups in total. The van der Waals surface area contributed by atoms with Crippen molar-refractivity contribution in [1.29, 1.82) is 0 Å². The van der Waals surface area contributed by atoms with E-state index in [1.54, 1.807) is 7.11 Å². The molecule has 6 nitrogen and oxygen atoms in total. The van der Waals surface area contributed by atoms with E-state index in [0.717, 1.165) is 18.7 Å². The van der Waals surface area contributed by atoms with Crippen LogP contribution in [0.25, 0.3) is 0 Å². The van der Waals surface area contributed by atoms with E-state index in [-0.39, 0.29) is 5.91 Å². The van der Waals surface area contributed by atoms with Crippen LogP contribution in [0.1, 0.15) is 13.3 Å². The van der Waals surface area contributed by atoms with Gasteiger partial charge in [0.25, 0.3) is 0 Å². The van der Waals surface area contributed by atoms with E-state index in [2.05, 4.69) is 17.1 Å². The molecule has 6 heteroatoms. The number of rotatable bonds is 13. The van der Waals surface area contributed by atoms with E-state index in [9.17, 15) is 4.79 Å². The second-order valence-corrected chi connectivity index (χ2v) is 6.30. The Bertz CT molecular complexity index is 694. The van der Waals surface area contributed by atoms with Crippen molar-refractivity contribution in [3.8, 4) is 11.5 Å². The lowest BCUT2D eigenvalue weighted by atomic mass is 10.3. The van der Waals surface area contributed by atoms with E-state index in [0.29, 0.717) is 44.3 Å². The fraction of sp³-hybridized carbons (Fsp3) is 0.409. The van der Waals surface area contributed by atoms with Gasteiger partial charge in [-0.15, -0.1) is 0 Å². The SMILES string of the molecule is CCCN(CCOCCOc1ccccc1)CC(=O)Nc1ccccc1OC. The Hall–Kier alpha value is -2.57. The third kappa shape index (κ3) is 7.98. The zero-order chi connectivity index (χ0) is 20.0. The maximum absolute atomic E-state index is 12.4. The Kier molecular flexibility index (Phi) is 9.89. The molecule has 2 aromatic carbocycles. The first-order valence-electron chi connectivity index (χ1n) is 9.63. The van der Waals surface area contributed by atoms with Crippen molar-refractivity contribution in [2.75, 3.05) is 51.9 Å². The van der Waals surface area contributed by atoms with E-state index >= 15 is 0 Å². The molecule has 0 fully saturated rings. The highest BCUT2D eigenvalue weighted by atomic mass is 16.5. The van der Waals surface area contributed by atoms with E-state index in [4.69, 9.17) is 14.2 Å². The number of hydrogen-bond acceptors (Lipinski definition) is 5. The number of hydrogen-bond donors (Lipinski definition) is 1. The lowest BCUT2D eigenvalue weighted by Crippen LogP contribution is -2.36. The predicted molar refractivity (Wildman–Crippen MR) is 111 cm³/mol. The number of nitrogens with one attached hydrogen (secondary N) is 1. The molecule has 0 heterocycles. The van der Waals surface area contributed by atoms with Crippen LogP contribution in [0.3, 0.4) is 0 Å². The first-order chi connectivity index (χ1) is 13.7. The Morgan fingerprint density at radius 1 is 0.964 bits per heavy atom. The number of amides is 1. The van der Waals surface area contributed by atoms with Gasteiger partial charge < -0.3 is 19.5 Å². The molecular formula is C22H30N2O4. The van der Waals surface area contributed by atoms with Crippen LogP contribution >= 0.6 is 0 Å².